The summed E-state index contributed by atoms with van der Waals surface area (Å²) in [4.78, 5) is 28.5. The van der Waals surface area contributed by atoms with E-state index in [1.54, 1.807) is 12.1 Å². The van der Waals surface area contributed by atoms with E-state index in [1.807, 2.05) is 16.7 Å². The molecule has 2 heterocycles. The largest absolute Gasteiger partial charge is 0.368 e. The van der Waals surface area contributed by atoms with Gasteiger partial charge in [0.05, 0.1) is 12.6 Å². The van der Waals surface area contributed by atoms with Crippen molar-refractivity contribution in [1.82, 2.24) is 15.1 Å². The van der Waals surface area contributed by atoms with E-state index >= 15 is 0 Å². The molecule has 142 valence electrons. The van der Waals surface area contributed by atoms with Gasteiger partial charge in [0, 0.05) is 32.8 Å². The Morgan fingerprint density at radius 3 is 2.54 bits per heavy atom. The molecule has 2 atom stereocenters. The Morgan fingerprint density at radius 1 is 1.23 bits per heavy atom. The number of benzene rings is 1. The van der Waals surface area contributed by atoms with Crippen LogP contribution in [0.4, 0.5) is 4.39 Å². The fourth-order valence-electron chi connectivity index (χ4n) is 3.43. The zero-order valence-electron chi connectivity index (χ0n) is 15.1. The maximum atomic E-state index is 13.0. The Balaban J connectivity index is 1.41. The number of hydrogen-bond acceptors (Lipinski definition) is 4. The molecular formula is C19H26FN3O3. The van der Waals surface area contributed by atoms with Crippen LogP contribution in [0.1, 0.15) is 31.4 Å². The van der Waals surface area contributed by atoms with Crippen molar-refractivity contribution in [2.75, 3.05) is 39.3 Å². The Kier molecular flexibility index (Phi) is 6.21. The lowest BCUT2D eigenvalue weighted by molar-refractivity contribution is -0.142. The fraction of sp³-hybridized carbons (Fsp3) is 0.579. The zero-order valence-corrected chi connectivity index (χ0v) is 15.1. The van der Waals surface area contributed by atoms with Crippen LogP contribution >= 0.6 is 0 Å². The lowest BCUT2D eigenvalue weighted by Crippen LogP contribution is -2.53. The molecule has 0 aliphatic carbocycles. The molecule has 2 aliphatic heterocycles. The fourth-order valence-corrected chi connectivity index (χ4v) is 3.43. The molecule has 26 heavy (non-hydrogen) atoms. The predicted octanol–water partition coefficient (Wildman–Crippen LogP) is 1.33. The van der Waals surface area contributed by atoms with Gasteiger partial charge in [0.2, 0.25) is 5.91 Å². The van der Waals surface area contributed by atoms with Crippen LogP contribution in [-0.2, 0) is 14.3 Å². The molecule has 1 aromatic rings. The molecule has 0 radical (unpaired) electrons. The van der Waals surface area contributed by atoms with Gasteiger partial charge in [0.25, 0.3) is 5.91 Å². The van der Waals surface area contributed by atoms with E-state index in [0.29, 0.717) is 39.3 Å². The van der Waals surface area contributed by atoms with E-state index in [-0.39, 0.29) is 29.8 Å². The minimum Gasteiger partial charge on any atom is -0.368 e. The van der Waals surface area contributed by atoms with Crippen molar-refractivity contribution in [1.29, 1.82) is 0 Å². The summed E-state index contributed by atoms with van der Waals surface area (Å²) in [6.45, 7) is 5.45. The van der Waals surface area contributed by atoms with Crippen LogP contribution < -0.4 is 5.32 Å². The third kappa shape index (κ3) is 4.80. The van der Waals surface area contributed by atoms with Crippen LogP contribution in [0, 0.1) is 5.82 Å². The predicted molar refractivity (Wildman–Crippen MR) is 95.0 cm³/mol. The summed E-state index contributed by atoms with van der Waals surface area (Å²) < 4.78 is 18.4. The minimum atomic E-state index is -0.289. The van der Waals surface area contributed by atoms with Gasteiger partial charge in [0.15, 0.2) is 0 Å². The monoisotopic (exact) mass is 363 g/mol. The molecule has 3 rings (SSSR count). The van der Waals surface area contributed by atoms with Crippen LogP contribution in [0.15, 0.2) is 24.3 Å². The molecule has 2 saturated heterocycles. The van der Waals surface area contributed by atoms with Crippen LogP contribution in [0.5, 0.6) is 0 Å². The maximum Gasteiger partial charge on any atom is 0.251 e. The first-order valence-electron chi connectivity index (χ1n) is 9.20. The molecule has 2 aliphatic rings. The molecule has 0 aromatic heterocycles. The molecule has 1 aromatic carbocycles. The summed E-state index contributed by atoms with van der Waals surface area (Å²) in [6, 6.07) is 5.96. The number of rotatable bonds is 5. The van der Waals surface area contributed by atoms with Crippen molar-refractivity contribution in [3.05, 3.63) is 35.6 Å². The van der Waals surface area contributed by atoms with Gasteiger partial charge in [-0.1, -0.05) is 12.1 Å². The first-order valence-corrected chi connectivity index (χ1v) is 9.20. The summed E-state index contributed by atoms with van der Waals surface area (Å²) in [6.07, 6.45) is 1.48. The second kappa shape index (κ2) is 8.60. The minimum absolute atomic E-state index is 0.0688. The molecule has 0 saturated carbocycles. The molecular weight excluding hydrogens is 337 g/mol. The smallest absolute Gasteiger partial charge is 0.251 e. The second-order valence-corrected chi connectivity index (χ2v) is 6.94. The topological polar surface area (TPSA) is 61.9 Å². The standard InChI is InChI=1S/C19H26FN3O3/c1-14(15-4-6-16(20)7-5-15)21-18(24)13-22-8-10-23(11-9-22)19(25)17-3-2-12-26-17/h4-7,14,17H,2-3,8-13H2,1H3,(H,21,24)/t14-,17-/m0/s1. The van der Waals surface area contributed by atoms with E-state index in [2.05, 4.69) is 5.32 Å². The van der Waals surface area contributed by atoms with Crippen molar-refractivity contribution in [3.63, 3.8) is 0 Å². The third-order valence-corrected chi connectivity index (χ3v) is 5.00. The Hall–Kier alpha value is -1.99. The zero-order chi connectivity index (χ0) is 18.5. The summed E-state index contributed by atoms with van der Waals surface area (Å²) in [7, 11) is 0. The first-order chi connectivity index (χ1) is 12.5. The van der Waals surface area contributed by atoms with Crippen molar-refractivity contribution in [2.45, 2.75) is 31.9 Å². The highest BCUT2D eigenvalue weighted by atomic mass is 19.1. The van der Waals surface area contributed by atoms with Crippen LogP contribution in [0.25, 0.3) is 0 Å². The number of nitrogens with one attached hydrogen (secondary N) is 1. The average Bonchev–Trinajstić information content (AvgIpc) is 3.17. The van der Waals surface area contributed by atoms with Crippen molar-refractivity contribution < 1.29 is 18.7 Å². The quantitative estimate of drug-likeness (QED) is 0.857. The van der Waals surface area contributed by atoms with Crippen molar-refractivity contribution in [2.24, 2.45) is 0 Å². The molecule has 0 spiro atoms. The van der Waals surface area contributed by atoms with Crippen molar-refractivity contribution >= 4 is 11.8 Å². The molecule has 7 heteroatoms. The van der Waals surface area contributed by atoms with E-state index < -0.39 is 0 Å². The van der Waals surface area contributed by atoms with Crippen molar-refractivity contribution in [3.8, 4) is 0 Å². The van der Waals surface area contributed by atoms with Gasteiger partial charge >= 0.3 is 0 Å². The number of amides is 2. The number of carbonyl (C=O) groups is 2. The summed E-state index contributed by atoms with van der Waals surface area (Å²) in [5, 5.41) is 2.94. The highest BCUT2D eigenvalue weighted by Crippen LogP contribution is 2.16. The molecule has 6 nitrogen and oxygen atoms in total. The number of hydrogen-bond donors (Lipinski definition) is 1. The van der Waals surface area contributed by atoms with Gasteiger partial charge in [-0.15, -0.1) is 0 Å². The van der Waals surface area contributed by atoms with E-state index in [1.165, 1.54) is 12.1 Å². The highest BCUT2D eigenvalue weighted by Gasteiger charge is 2.30. The first kappa shape index (κ1) is 18.8. The lowest BCUT2D eigenvalue weighted by atomic mass is 10.1. The summed E-state index contributed by atoms with van der Waals surface area (Å²) >= 11 is 0. The molecule has 1 N–H and O–H groups in total. The Bertz CT molecular complexity index is 623. The number of ether oxygens (including phenoxy) is 1. The van der Waals surface area contributed by atoms with Gasteiger partial charge in [-0.3, -0.25) is 14.5 Å². The van der Waals surface area contributed by atoms with Gasteiger partial charge in [0.1, 0.15) is 11.9 Å². The van der Waals surface area contributed by atoms with E-state index in [0.717, 1.165) is 18.4 Å². The van der Waals surface area contributed by atoms with Crippen LogP contribution in [0.3, 0.4) is 0 Å². The highest BCUT2D eigenvalue weighted by molar-refractivity contribution is 5.81. The number of piperazine rings is 1. The van der Waals surface area contributed by atoms with Crippen LogP contribution in [0.2, 0.25) is 0 Å². The second-order valence-electron chi connectivity index (χ2n) is 6.94. The molecule has 0 unspecified atom stereocenters. The number of carbonyl (C=O) groups excluding carboxylic acids is 2. The number of nitrogens with zero attached hydrogens (tertiary/aromatic N) is 2. The third-order valence-electron chi connectivity index (χ3n) is 5.00. The molecule has 2 amide bonds. The Labute approximate surface area is 153 Å². The number of halogens is 1. The normalized spacial score (nSPS) is 22.2. The van der Waals surface area contributed by atoms with E-state index in [4.69, 9.17) is 4.74 Å². The van der Waals surface area contributed by atoms with Gasteiger partial charge in [-0.25, -0.2) is 4.39 Å². The lowest BCUT2D eigenvalue weighted by Gasteiger charge is -2.35. The maximum absolute atomic E-state index is 13.0. The van der Waals surface area contributed by atoms with Gasteiger partial charge < -0.3 is 15.0 Å². The molecule has 2 fully saturated rings. The average molecular weight is 363 g/mol. The SMILES string of the molecule is C[C@H](NC(=O)CN1CCN(C(=O)[C@@H]2CCCO2)CC1)c1ccc(F)cc1. The Morgan fingerprint density at radius 2 is 1.92 bits per heavy atom. The van der Waals surface area contributed by atoms with Gasteiger partial charge in [-0.05, 0) is 37.5 Å². The summed E-state index contributed by atoms with van der Waals surface area (Å²) in [5.74, 6) is -0.278. The van der Waals surface area contributed by atoms with Gasteiger partial charge in [-0.2, -0.15) is 0 Å². The molecule has 0 bridgehead atoms. The van der Waals surface area contributed by atoms with Crippen LogP contribution in [-0.4, -0.2) is 67.0 Å². The van der Waals surface area contributed by atoms with E-state index in [9.17, 15) is 14.0 Å². The summed E-state index contributed by atoms with van der Waals surface area (Å²) in [5.41, 5.74) is 0.867.